The second kappa shape index (κ2) is 9.99. The Labute approximate surface area is 198 Å². The van der Waals surface area contributed by atoms with Crippen LogP contribution in [0.5, 0.6) is 0 Å². The lowest BCUT2D eigenvalue weighted by Gasteiger charge is -2.16. The van der Waals surface area contributed by atoms with E-state index in [9.17, 15) is 22.8 Å². The van der Waals surface area contributed by atoms with Crippen LogP contribution in [0.1, 0.15) is 29.4 Å². The number of carbonyl (C=O) groups excluding carboxylic acids is 2. The lowest BCUT2D eigenvalue weighted by atomic mass is 10.2. The summed E-state index contributed by atoms with van der Waals surface area (Å²) in [6, 6.07) is 7.75. The number of alkyl halides is 3. The highest BCUT2D eigenvalue weighted by atomic mass is 19.4. The Hall–Kier alpha value is -4.16. The lowest BCUT2D eigenvalue weighted by molar-refractivity contribution is -0.141. The van der Waals surface area contributed by atoms with Gasteiger partial charge < -0.3 is 20.3 Å². The number of pyridine rings is 2. The van der Waals surface area contributed by atoms with Gasteiger partial charge >= 0.3 is 12.3 Å². The van der Waals surface area contributed by atoms with Gasteiger partial charge in [0.15, 0.2) is 11.5 Å². The number of nitrogens with one attached hydrogen (secondary N) is 2. The molecule has 0 spiro atoms. The molecule has 13 heteroatoms. The number of anilines is 2. The zero-order valence-electron chi connectivity index (χ0n) is 18.6. The maximum absolute atomic E-state index is 13.5. The van der Waals surface area contributed by atoms with E-state index in [2.05, 4.69) is 25.7 Å². The van der Waals surface area contributed by atoms with E-state index in [1.807, 2.05) is 0 Å². The topological polar surface area (TPSA) is 114 Å². The summed E-state index contributed by atoms with van der Waals surface area (Å²) >= 11 is 0. The summed E-state index contributed by atoms with van der Waals surface area (Å²) in [5, 5.41) is 9.13. The molecule has 1 aliphatic heterocycles. The lowest BCUT2D eigenvalue weighted by Crippen LogP contribution is -2.32. The SMILES string of the molecule is CCOC(=O)N1CC[C@H](Nc2ccc(NC(=O)c3cn(-c4ccccn4)nc3C(F)(F)F)cn2)C1. The van der Waals surface area contributed by atoms with Gasteiger partial charge in [0.1, 0.15) is 5.82 Å². The van der Waals surface area contributed by atoms with E-state index in [1.165, 1.54) is 24.5 Å². The van der Waals surface area contributed by atoms with Crippen molar-refractivity contribution in [2.24, 2.45) is 0 Å². The molecule has 0 saturated carbocycles. The first kappa shape index (κ1) is 24.0. The van der Waals surface area contributed by atoms with Gasteiger partial charge in [0.05, 0.1) is 24.1 Å². The standard InChI is InChI=1S/C22H22F3N7O3/c1-2-35-21(34)31-10-8-15(12-31)28-17-7-6-14(11-27-17)29-20(33)16-13-32(18-5-3-4-9-26-18)30-19(16)22(23,24)25/h3-7,9,11,13,15H,2,8,10,12H2,1H3,(H,27,28)(H,29,33)/t15-/m0/s1. The predicted octanol–water partition coefficient (Wildman–Crippen LogP) is 3.58. The Morgan fingerprint density at radius 3 is 2.69 bits per heavy atom. The summed E-state index contributed by atoms with van der Waals surface area (Å²) in [7, 11) is 0. The molecule has 4 heterocycles. The summed E-state index contributed by atoms with van der Waals surface area (Å²) in [6.45, 7) is 3.05. The van der Waals surface area contributed by atoms with E-state index in [1.54, 1.807) is 30.0 Å². The third kappa shape index (κ3) is 5.67. The molecule has 10 nitrogen and oxygen atoms in total. The van der Waals surface area contributed by atoms with Gasteiger partial charge in [-0.2, -0.15) is 18.3 Å². The maximum Gasteiger partial charge on any atom is 0.435 e. The maximum atomic E-state index is 13.5. The molecule has 0 bridgehead atoms. The Kier molecular flexibility index (Phi) is 6.85. The molecule has 2 amide bonds. The fourth-order valence-corrected chi connectivity index (χ4v) is 3.58. The first-order valence-corrected chi connectivity index (χ1v) is 10.8. The van der Waals surface area contributed by atoms with E-state index in [-0.39, 0.29) is 23.6 Å². The Morgan fingerprint density at radius 2 is 2.03 bits per heavy atom. The summed E-state index contributed by atoms with van der Waals surface area (Å²) in [5.74, 6) is -0.344. The number of likely N-dealkylation sites (tertiary alicyclic amines) is 1. The predicted molar refractivity (Wildman–Crippen MR) is 119 cm³/mol. The van der Waals surface area contributed by atoms with Gasteiger partial charge in [0, 0.05) is 31.5 Å². The molecule has 184 valence electrons. The number of amides is 2. The van der Waals surface area contributed by atoms with Crippen molar-refractivity contribution in [2.75, 3.05) is 30.3 Å². The number of carbonyl (C=O) groups is 2. The van der Waals surface area contributed by atoms with Crippen LogP contribution in [0.25, 0.3) is 5.82 Å². The van der Waals surface area contributed by atoms with Crippen LogP contribution in [-0.4, -0.2) is 62.4 Å². The Bertz CT molecular complexity index is 1180. The summed E-state index contributed by atoms with van der Waals surface area (Å²) in [6.07, 6.45) is -0.775. The van der Waals surface area contributed by atoms with Crippen LogP contribution in [0.2, 0.25) is 0 Å². The van der Waals surface area contributed by atoms with E-state index < -0.39 is 23.3 Å². The van der Waals surface area contributed by atoms with Crippen molar-refractivity contribution in [1.82, 2.24) is 24.6 Å². The minimum Gasteiger partial charge on any atom is -0.450 e. The molecule has 35 heavy (non-hydrogen) atoms. The molecular formula is C22H22F3N7O3. The first-order valence-electron chi connectivity index (χ1n) is 10.8. The van der Waals surface area contributed by atoms with Crippen molar-refractivity contribution in [3.05, 3.63) is 60.2 Å². The number of nitrogens with zero attached hydrogens (tertiary/aromatic N) is 5. The number of halogens is 3. The number of aromatic nitrogens is 4. The van der Waals surface area contributed by atoms with Crippen LogP contribution in [0.3, 0.4) is 0 Å². The van der Waals surface area contributed by atoms with Crippen LogP contribution in [-0.2, 0) is 10.9 Å². The first-order chi connectivity index (χ1) is 16.7. The van der Waals surface area contributed by atoms with Gasteiger partial charge in [-0.05, 0) is 37.6 Å². The van der Waals surface area contributed by atoms with Gasteiger partial charge in [0.25, 0.3) is 5.91 Å². The number of hydrogen-bond donors (Lipinski definition) is 2. The number of rotatable bonds is 6. The fraction of sp³-hybridized carbons (Fsp3) is 0.318. The molecule has 1 atom stereocenters. The highest BCUT2D eigenvalue weighted by Crippen LogP contribution is 2.31. The van der Waals surface area contributed by atoms with Crippen LogP contribution < -0.4 is 10.6 Å². The third-order valence-electron chi connectivity index (χ3n) is 5.20. The Morgan fingerprint density at radius 1 is 1.20 bits per heavy atom. The molecule has 3 aromatic rings. The monoisotopic (exact) mass is 489 g/mol. The minimum absolute atomic E-state index is 0.0286. The molecule has 3 aromatic heterocycles. The quantitative estimate of drug-likeness (QED) is 0.544. The van der Waals surface area contributed by atoms with E-state index in [4.69, 9.17) is 4.74 Å². The molecule has 0 unspecified atom stereocenters. The molecule has 2 N–H and O–H groups in total. The number of ether oxygens (including phenoxy) is 1. The Balaban J connectivity index is 1.42. The molecule has 4 rings (SSSR count). The van der Waals surface area contributed by atoms with E-state index >= 15 is 0 Å². The molecule has 0 aliphatic carbocycles. The van der Waals surface area contributed by atoms with Gasteiger partial charge in [-0.1, -0.05) is 6.07 Å². The van der Waals surface area contributed by atoms with Crippen molar-refractivity contribution in [3.63, 3.8) is 0 Å². The van der Waals surface area contributed by atoms with Crippen LogP contribution >= 0.6 is 0 Å². The largest absolute Gasteiger partial charge is 0.450 e. The van der Waals surface area contributed by atoms with Gasteiger partial charge in [-0.3, -0.25) is 4.79 Å². The van der Waals surface area contributed by atoms with Crippen molar-refractivity contribution < 1.29 is 27.5 Å². The second-order valence-electron chi connectivity index (χ2n) is 7.68. The fourth-order valence-electron chi connectivity index (χ4n) is 3.58. The van der Waals surface area contributed by atoms with Crippen molar-refractivity contribution in [3.8, 4) is 5.82 Å². The zero-order chi connectivity index (χ0) is 25.0. The van der Waals surface area contributed by atoms with Crippen LogP contribution in [0.15, 0.2) is 48.9 Å². The van der Waals surface area contributed by atoms with Crippen molar-refractivity contribution >= 4 is 23.5 Å². The average molecular weight is 489 g/mol. The normalized spacial score (nSPS) is 15.7. The van der Waals surface area contributed by atoms with Gasteiger partial charge in [-0.15, -0.1) is 0 Å². The van der Waals surface area contributed by atoms with Gasteiger partial charge in [0.2, 0.25) is 0 Å². The third-order valence-corrected chi connectivity index (χ3v) is 5.20. The minimum atomic E-state index is -4.84. The molecule has 0 aromatic carbocycles. The highest BCUT2D eigenvalue weighted by molar-refractivity contribution is 6.05. The van der Waals surface area contributed by atoms with Gasteiger partial charge in [-0.25, -0.2) is 19.4 Å². The number of hydrogen-bond acceptors (Lipinski definition) is 7. The van der Waals surface area contributed by atoms with Crippen molar-refractivity contribution in [2.45, 2.75) is 25.6 Å². The molecular weight excluding hydrogens is 467 g/mol. The van der Waals surface area contributed by atoms with E-state index in [0.717, 1.165) is 10.9 Å². The summed E-state index contributed by atoms with van der Waals surface area (Å²) in [4.78, 5) is 34.2. The summed E-state index contributed by atoms with van der Waals surface area (Å²) in [5.41, 5.74) is -1.76. The smallest absolute Gasteiger partial charge is 0.435 e. The van der Waals surface area contributed by atoms with Crippen molar-refractivity contribution in [1.29, 1.82) is 0 Å². The second-order valence-corrected chi connectivity index (χ2v) is 7.68. The van der Waals surface area contributed by atoms with E-state index in [0.29, 0.717) is 31.9 Å². The molecule has 0 radical (unpaired) electrons. The van der Waals surface area contributed by atoms with Crippen LogP contribution in [0, 0.1) is 0 Å². The molecule has 1 aliphatic rings. The average Bonchev–Trinajstić information content (AvgIpc) is 3.49. The zero-order valence-corrected chi connectivity index (χ0v) is 18.6. The highest BCUT2D eigenvalue weighted by Gasteiger charge is 2.39. The molecule has 1 fully saturated rings. The summed E-state index contributed by atoms with van der Waals surface area (Å²) < 4.78 is 46.4. The van der Waals surface area contributed by atoms with Crippen LogP contribution in [0.4, 0.5) is 29.5 Å². The molecule has 1 saturated heterocycles.